The average molecular weight is 286 g/mol. The van der Waals surface area contributed by atoms with Gasteiger partial charge in [-0.1, -0.05) is 31.0 Å². The quantitative estimate of drug-likeness (QED) is 0.869. The van der Waals surface area contributed by atoms with Gasteiger partial charge in [0.2, 0.25) is 0 Å². The number of hydrogen-bond donors (Lipinski definition) is 1. The summed E-state index contributed by atoms with van der Waals surface area (Å²) in [5.41, 5.74) is 0.980. The van der Waals surface area contributed by atoms with Crippen molar-refractivity contribution in [2.75, 3.05) is 10.2 Å². The Morgan fingerprint density at radius 1 is 1.10 bits per heavy atom. The van der Waals surface area contributed by atoms with Gasteiger partial charge in [-0.25, -0.2) is 4.79 Å². The summed E-state index contributed by atoms with van der Waals surface area (Å²) in [5.74, 6) is 0. The van der Waals surface area contributed by atoms with Crippen LogP contribution in [0.2, 0.25) is 0 Å². The number of nitrogens with zero attached hydrogens (tertiary/aromatic N) is 1. The fraction of sp³-hybridized carbons (Fsp3) is 0.312. The molecular formula is C16H18N2OS. The van der Waals surface area contributed by atoms with E-state index in [-0.39, 0.29) is 6.03 Å². The third kappa shape index (κ3) is 2.85. The van der Waals surface area contributed by atoms with Gasteiger partial charge in [0.1, 0.15) is 0 Å². The minimum absolute atomic E-state index is 0.0226. The largest absolute Gasteiger partial charge is 0.327 e. The lowest BCUT2D eigenvalue weighted by Gasteiger charge is -2.29. The molecule has 0 radical (unpaired) electrons. The minimum Gasteiger partial charge on any atom is -0.299 e. The number of carbonyl (C=O) groups excluding carboxylic acids is 1. The molecule has 104 valence electrons. The number of hydrogen-bond acceptors (Lipinski definition) is 2. The van der Waals surface area contributed by atoms with Gasteiger partial charge in [0.25, 0.3) is 0 Å². The molecule has 0 bridgehead atoms. The van der Waals surface area contributed by atoms with Crippen LogP contribution in [0.15, 0.2) is 47.8 Å². The smallest absolute Gasteiger partial charge is 0.299 e. The van der Waals surface area contributed by atoms with E-state index >= 15 is 0 Å². The molecule has 3 nitrogen and oxygen atoms in total. The highest BCUT2D eigenvalue weighted by Crippen LogP contribution is 2.29. The van der Waals surface area contributed by atoms with E-state index in [1.54, 1.807) is 11.3 Å². The molecule has 0 unspecified atom stereocenters. The number of benzene rings is 1. The van der Waals surface area contributed by atoms with Gasteiger partial charge < -0.3 is 0 Å². The lowest BCUT2D eigenvalue weighted by Crippen LogP contribution is -2.41. The maximum atomic E-state index is 12.6. The van der Waals surface area contributed by atoms with Gasteiger partial charge in [-0.05, 0) is 42.5 Å². The lowest BCUT2D eigenvalue weighted by atomic mass is 10.2. The first kappa shape index (κ1) is 13.2. The third-order valence-corrected chi connectivity index (χ3v) is 4.48. The fourth-order valence-corrected chi connectivity index (χ4v) is 3.37. The molecule has 1 heterocycles. The third-order valence-electron chi connectivity index (χ3n) is 3.69. The molecule has 2 aromatic rings. The van der Waals surface area contributed by atoms with Crippen LogP contribution < -0.4 is 10.2 Å². The molecule has 1 fully saturated rings. The zero-order valence-electron chi connectivity index (χ0n) is 11.3. The standard InChI is InChI=1S/C16H18N2OS/c19-16(17-15-11-6-12-20-15)18(14-9-4-5-10-14)13-7-2-1-3-8-13/h1-3,6-8,11-12,14H,4-5,9-10H2,(H,17,19). The van der Waals surface area contributed by atoms with Crippen LogP contribution in [0.1, 0.15) is 25.7 Å². The molecule has 0 spiro atoms. The molecule has 2 amide bonds. The topological polar surface area (TPSA) is 32.3 Å². The van der Waals surface area contributed by atoms with Gasteiger partial charge in [-0.2, -0.15) is 0 Å². The first-order valence-electron chi connectivity index (χ1n) is 7.03. The summed E-state index contributed by atoms with van der Waals surface area (Å²) < 4.78 is 0. The number of rotatable bonds is 3. The summed E-state index contributed by atoms with van der Waals surface area (Å²) in [7, 11) is 0. The van der Waals surface area contributed by atoms with Gasteiger partial charge >= 0.3 is 6.03 Å². The Kier molecular flexibility index (Phi) is 4.02. The number of para-hydroxylation sites is 1. The van der Waals surface area contributed by atoms with Crippen LogP contribution in [0.4, 0.5) is 15.5 Å². The van der Waals surface area contributed by atoms with E-state index in [0.717, 1.165) is 23.5 Å². The predicted octanol–water partition coefficient (Wildman–Crippen LogP) is 4.73. The summed E-state index contributed by atoms with van der Waals surface area (Å²) in [6, 6.07) is 14.1. The predicted molar refractivity (Wildman–Crippen MR) is 84.5 cm³/mol. The second-order valence-corrected chi connectivity index (χ2v) is 6.00. The minimum atomic E-state index is -0.0226. The summed E-state index contributed by atoms with van der Waals surface area (Å²) in [6.07, 6.45) is 4.60. The Balaban J connectivity index is 1.83. The van der Waals surface area contributed by atoms with Gasteiger partial charge in [0, 0.05) is 11.7 Å². The Hall–Kier alpha value is -1.81. The molecule has 0 aliphatic heterocycles. The van der Waals surface area contributed by atoms with Crippen LogP contribution in [0, 0.1) is 0 Å². The Morgan fingerprint density at radius 3 is 2.50 bits per heavy atom. The van der Waals surface area contributed by atoms with Crippen molar-refractivity contribution in [2.24, 2.45) is 0 Å². The van der Waals surface area contributed by atoms with E-state index in [0.29, 0.717) is 6.04 Å². The van der Waals surface area contributed by atoms with E-state index in [2.05, 4.69) is 5.32 Å². The summed E-state index contributed by atoms with van der Waals surface area (Å²) in [4.78, 5) is 14.5. The number of thiophene rings is 1. The van der Waals surface area contributed by atoms with Crippen LogP contribution in [0.5, 0.6) is 0 Å². The van der Waals surface area contributed by atoms with E-state index in [4.69, 9.17) is 0 Å². The number of amides is 2. The molecule has 1 aromatic carbocycles. The second-order valence-electron chi connectivity index (χ2n) is 5.05. The Morgan fingerprint density at radius 2 is 1.85 bits per heavy atom. The molecule has 0 saturated heterocycles. The Bertz CT molecular complexity index is 547. The average Bonchev–Trinajstić information content (AvgIpc) is 3.14. The van der Waals surface area contributed by atoms with Gasteiger partial charge in [0.05, 0.1) is 5.00 Å². The van der Waals surface area contributed by atoms with Gasteiger partial charge in [0.15, 0.2) is 0 Å². The van der Waals surface area contributed by atoms with Crippen LogP contribution >= 0.6 is 11.3 Å². The lowest BCUT2D eigenvalue weighted by molar-refractivity contribution is 0.255. The maximum Gasteiger partial charge on any atom is 0.327 e. The van der Waals surface area contributed by atoms with Crippen molar-refractivity contribution >= 4 is 28.1 Å². The molecular weight excluding hydrogens is 268 g/mol. The molecule has 1 aromatic heterocycles. The van der Waals surface area contributed by atoms with E-state index in [1.165, 1.54) is 12.8 Å². The van der Waals surface area contributed by atoms with Crippen LogP contribution in [0.25, 0.3) is 0 Å². The molecule has 1 saturated carbocycles. The van der Waals surface area contributed by atoms with Crippen molar-refractivity contribution in [2.45, 2.75) is 31.7 Å². The van der Waals surface area contributed by atoms with Gasteiger partial charge in [-0.15, -0.1) is 11.3 Å². The zero-order valence-corrected chi connectivity index (χ0v) is 12.1. The van der Waals surface area contributed by atoms with Crippen molar-refractivity contribution in [3.63, 3.8) is 0 Å². The Labute approximate surface area is 123 Å². The van der Waals surface area contributed by atoms with Crippen molar-refractivity contribution in [3.05, 3.63) is 47.8 Å². The number of carbonyl (C=O) groups is 1. The second kappa shape index (κ2) is 6.09. The zero-order chi connectivity index (χ0) is 13.8. The van der Waals surface area contributed by atoms with Crippen LogP contribution in [0.3, 0.4) is 0 Å². The SMILES string of the molecule is O=C(Nc1cccs1)N(c1ccccc1)C1CCCC1. The van der Waals surface area contributed by atoms with Crippen molar-refractivity contribution in [3.8, 4) is 0 Å². The number of anilines is 2. The molecule has 1 aliphatic rings. The number of nitrogens with one attached hydrogen (secondary N) is 1. The first-order valence-corrected chi connectivity index (χ1v) is 7.91. The van der Waals surface area contributed by atoms with E-state index in [9.17, 15) is 4.79 Å². The van der Waals surface area contributed by atoms with Gasteiger partial charge in [-0.3, -0.25) is 10.2 Å². The normalized spacial score (nSPS) is 15.2. The summed E-state index contributed by atoms with van der Waals surface area (Å²) >= 11 is 1.55. The van der Waals surface area contributed by atoms with Crippen LogP contribution in [-0.4, -0.2) is 12.1 Å². The highest BCUT2D eigenvalue weighted by Gasteiger charge is 2.28. The van der Waals surface area contributed by atoms with E-state index < -0.39 is 0 Å². The highest BCUT2D eigenvalue weighted by molar-refractivity contribution is 7.14. The highest BCUT2D eigenvalue weighted by atomic mass is 32.1. The molecule has 0 atom stereocenters. The molecule has 1 N–H and O–H groups in total. The maximum absolute atomic E-state index is 12.6. The van der Waals surface area contributed by atoms with E-state index in [1.807, 2.05) is 52.7 Å². The molecule has 20 heavy (non-hydrogen) atoms. The number of urea groups is 1. The monoisotopic (exact) mass is 286 g/mol. The van der Waals surface area contributed by atoms with Crippen molar-refractivity contribution in [1.82, 2.24) is 0 Å². The fourth-order valence-electron chi connectivity index (χ4n) is 2.76. The van der Waals surface area contributed by atoms with Crippen LogP contribution in [-0.2, 0) is 0 Å². The summed E-state index contributed by atoms with van der Waals surface area (Å²) in [6.45, 7) is 0. The van der Waals surface area contributed by atoms with Crippen molar-refractivity contribution < 1.29 is 4.79 Å². The summed E-state index contributed by atoms with van der Waals surface area (Å²) in [5, 5.41) is 5.87. The molecule has 1 aliphatic carbocycles. The van der Waals surface area contributed by atoms with Crippen molar-refractivity contribution in [1.29, 1.82) is 0 Å². The molecule has 4 heteroatoms. The first-order chi connectivity index (χ1) is 9.84. The molecule has 3 rings (SSSR count).